The van der Waals surface area contributed by atoms with E-state index < -0.39 is 0 Å². The van der Waals surface area contributed by atoms with Gasteiger partial charge < -0.3 is 10.6 Å². The molecule has 2 unspecified atom stereocenters. The summed E-state index contributed by atoms with van der Waals surface area (Å²) in [5.41, 5.74) is 8.00. The highest BCUT2D eigenvalue weighted by molar-refractivity contribution is 5.45. The largest absolute Gasteiger partial charge is 0.370 e. The molecule has 0 bridgehead atoms. The molecule has 3 atom stereocenters. The van der Waals surface area contributed by atoms with Crippen molar-refractivity contribution >= 4 is 5.69 Å². The smallest absolute Gasteiger partial charge is 0.0569 e. The zero-order valence-electron chi connectivity index (χ0n) is 11.1. The third kappa shape index (κ3) is 2.97. The van der Waals surface area contributed by atoms with E-state index in [0.717, 1.165) is 30.6 Å². The van der Waals surface area contributed by atoms with E-state index >= 15 is 0 Å². The summed E-state index contributed by atoms with van der Waals surface area (Å²) in [4.78, 5) is 6.88. The molecule has 0 amide bonds. The molecule has 3 heteroatoms. The Kier molecular flexibility index (Phi) is 3.67. The van der Waals surface area contributed by atoms with E-state index in [9.17, 15) is 0 Å². The molecule has 1 aliphatic heterocycles. The first-order chi connectivity index (χ1) is 8.06. The zero-order chi connectivity index (χ0) is 12.4. The summed E-state index contributed by atoms with van der Waals surface area (Å²) >= 11 is 0. The van der Waals surface area contributed by atoms with E-state index in [1.54, 1.807) is 0 Å². The van der Waals surface area contributed by atoms with Crippen LogP contribution in [-0.2, 0) is 0 Å². The number of nitrogens with zero attached hydrogens (tertiary/aromatic N) is 2. The van der Waals surface area contributed by atoms with Crippen molar-refractivity contribution < 1.29 is 0 Å². The molecule has 2 N–H and O–H groups in total. The van der Waals surface area contributed by atoms with Crippen molar-refractivity contribution in [3.8, 4) is 0 Å². The number of aromatic nitrogens is 1. The Morgan fingerprint density at radius 2 is 1.94 bits per heavy atom. The van der Waals surface area contributed by atoms with Crippen molar-refractivity contribution in [2.24, 2.45) is 17.6 Å². The SMILES string of the molecule is CC1CC(C)CN(c2ccc([C@H](C)N)nc2)C1. The second-order valence-electron chi connectivity index (χ2n) is 5.58. The minimum Gasteiger partial charge on any atom is -0.370 e. The first-order valence-corrected chi connectivity index (χ1v) is 6.52. The van der Waals surface area contributed by atoms with Crippen molar-refractivity contribution in [2.45, 2.75) is 33.2 Å². The Bertz CT molecular complexity index is 348. The van der Waals surface area contributed by atoms with Crippen LogP contribution in [0.1, 0.15) is 38.9 Å². The molecule has 2 rings (SSSR count). The quantitative estimate of drug-likeness (QED) is 0.853. The van der Waals surface area contributed by atoms with E-state index in [-0.39, 0.29) is 6.04 Å². The second-order valence-corrected chi connectivity index (χ2v) is 5.58. The van der Waals surface area contributed by atoms with Gasteiger partial charge in [0, 0.05) is 19.1 Å². The van der Waals surface area contributed by atoms with Crippen LogP contribution in [0.3, 0.4) is 0 Å². The lowest BCUT2D eigenvalue weighted by Crippen LogP contribution is -2.38. The van der Waals surface area contributed by atoms with Gasteiger partial charge in [-0.2, -0.15) is 0 Å². The number of hydrogen-bond acceptors (Lipinski definition) is 3. The first-order valence-electron chi connectivity index (χ1n) is 6.52. The summed E-state index contributed by atoms with van der Waals surface area (Å²) in [6.07, 6.45) is 3.30. The molecule has 0 aromatic carbocycles. The highest BCUT2D eigenvalue weighted by Crippen LogP contribution is 2.26. The van der Waals surface area contributed by atoms with Crippen molar-refractivity contribution in [1.29, 1.82) is 0 Å². The fourth-order valence-corrected chi connectivity index (χ4v) is 2.73. The van der Waals surface area contributed by atoms with Gasteiger partial charge in [0.15, 0.2) is 0 Å². The molecule has 1 aromatic rings. The lowest BCUT2D eigenvalue weighted by Gasteiger charge is -2.36. The monoisotopic (exact) mass is 233 g/mol. The molecule has 0 aliphatic carbocycles. The molecule has 0 radical (unpaired) electrons. The maximum atomic E-state index is 5.81. The van der Waals surface area contributed by atoms with Gasteiger partial charge in [0.2, 0.25) is 0 Å². The van der Waals surface area contributed by atoms with Gasteiger partial charge in [-0.3, -0.25) is 4.98 Å². The van der Waals surface area contributed by atoms with Crippen molar-refractivity contribution in [3.05, 3.63) is 24.0 Å². The number of nitrogens with two attached hydrogens (primary N) is 1. The summed E-state index contributed by atoms with van der Waals surface area (Å²) in [6, 6.07) is 4.21. The highest BCUT2D eigenvalue weighted by Gasteiger charge is 2.22. The lowest BCUT2D eigenvalue weighted by atomic mass is 9.91. The second kappa shape index (κ2) is 5.05. The van der Waals surface area contributed by atoms with Crippen LogP contribution in [-0.4, -0.2) is 18.1 Å². The maximum Gasteiger partial charge on any atom is 0.0569 e. The molecule has 1 fully saturated rings. The number of hydrogen-bond donors (Lipinski definition) is 1. The summed E-state index contributed by atoms with van der Waals surface area (Å²) in [5.74, 6) is 1.54. The molecular weight excluding hydrogens is 210 g/mol. The molecule has 2 heterocycles. The molecule has 1 saturated heterocycles. The molecule has 3 nitrogen and oxygen atoms in total. The minimum absolute atomic E-state index is 0.0169. The lowest BCUT2D eigenvalue weighted by molar-refractivity contribution is 0.356. The standard InChI is InChI=1S/C14H23N3/c1-10-6-11(2)9-17(8-10)13-4-5-14(12(3)15)16-7-13/h4-5,7,10-12H,6,8-9,15H2,1-3H3/t10?,11?,12-/m0/s1. The van der Waals surface area contributed by atoms with Crippen LogP contribution in [0.15, 0.2) is 18.3 Å². The highest BCUT2D eigenvalue weighted by atomic mass is 15.1. The van der Waals surface area contributed by atoms with Crippen LogP contribution in [0, 0.1) is 11.8 Å². The number of piperidine rings is 1. The van der Waals surface area contributed by atoms with Crippen LogP contribution >= 0.6 is 0 Å². The third-order valence-electron chi connectivity index (χ3n) is 3.47. The number of anilines is 1. The Morgan fingerprint density at radius 1 is 1.29 bits per heavy atom. The Balaban J connectivity index is 2.11. The molecule has 17 heavy (non-hydrogen) atoms. The molecule has 0 saturated carbocycles. The Labute approximate surface area is 104 Å². The van der Waals surface area contributed by atoms with Gasteiger partial charge in [0.1, 0.15) is 0 Å². The number of rotatable bonds is 2. The topological polar surface area (TPSA) is 42.1 Å². The van der Waals surface area contributed by atoms with Gasteiger partial charge in [-0.05, 0) is 37.3 Å². The van der Waals surface area contributed by atoms with Crippen molar-refractivity contribution in [2.75, 3.05) is 18.0 Å². The average Bonchev–Trinajstić information content (AvgIpc) is 2.28. The van der Waals surface area contributed by atoms with E-state index in [1.165, 1.54) is 12.1 Å². The van der Waals surface area contributed by atoms with Crippen LogP contribution in [0.2, 0.25) is 0 Å². The Hall–Kier alpha value is -1.09. The predicted octanol–water partition coefficient (Wildman–Crippen LogP) is 2.58. The summed E-state index contributed by atoms with van der Waals surface area (Å²) < 4.78 is 0. The predicted molar refractivity (Wildman–Crippen MR) is 72.0 cm³/mol. The van der Waals surface area contributed by atoms with Crippen LogP contribution in [0.5, 0.6) is 0 Å². The van der Waals surface area contributed by atoms with E-state index in [2.05, 4.69) is 29.8 Å². The van der Waals surface area contributed by atoms with Gasteiger partial charge >= 0.3 is 0 Å². The van der Waals surface area contributed by atoms with Gasteiger partial charge in [-0.15, -0.1) is 0 Å². The summed E-state index contributed by atoms with van der Waals surface area (Å²) in [5, 5.41) is 0. The molecule has 1 aromatic heterocycles. The minimum atomic E-state index is 0.0169. The molecular formula is C14H23N3. The van der Waals surface area contributed by atoms with E-state index in [1.807, 2.05) is 19.2 Å². The van der Waals surface area contributed by atoms with Gasteiger partial charge in [0.25, 0.3) is 0 Å². The van der Waals surface area contributed by atoms with Crippen LogP contribution in [0.25, 0.3) is 0 Å². The first kappa shape index (κ1) is 12.4. The van der Waals surface area contributed by atoms with Gasteiger partial charge in [0.05, 0.1) is 17.6 Å². The fourth-order valence-electron chi connectivity index (χ4n) is 2.73. The van der Waals surface area contributed by atoms with Crippen molar-refractivity contribution in [3.63, 3.8) is 0 Å². The maximum absolute atomic E-state index is 5.81. The average molecular weight is 233 g/mol. The van der Waals surface area contributed by atoms with Crippen LogP contribution in [0.4, 0.5) is 5.69 Å². The molecule has 1 aliphatic rings. The zero-order valence-corrected chi connectivity index (χ0v) is 11.1. The fraction of sp³-hybridized carbons (Fsp3) is 0.643. The Morgan fingerprint density at radius 3 is 2.41 bits per heavy atom. The van der Waals surface area contributed by atoms with Crippen LogP contribution < -0.4 is 10.6 Å². The normalized spacial score (nSPS) is 26.9. The summed E-state index contributed by atoms with van der Waals surface area (Å²) in [7, 11) is 0. The summed E-state index contributed by atoms with van der Waals surface area (Å²) in [6.45, 7) is 8.90. The van der Waals surface area contributed by atoms with E-state index in [0.29, 0.717) is 0 Å². The third-order valence-corrected chi connectivity index (χ3v) is 3.47. The molecule has 94 valence electrons. The molecule has 0 spiro atoms. The van der Waals surface area contributed by atoms with Gasteiger partial charge in [-0.1, -0.05) is 13.8 Å². The van der Waals surface area contributed by atoms with Crippen molar-refractivity contribution in [1.82, 2.24) is 4.98 Å². The van der Waals surface area contributed by atoms with E-state index in [4.69, 9.17) is 5.73 Å². The van der Waals surface area contributed by atoms with Gasteiger partial charge in [-0.25, -0.2) is 0 Å². The number of pyridine rings is 1.